The first-order valence-corrected chi connectivity index (χ1v) is 1.22. The minimum atomic E-state index is -2.33. The van der Waals surface area contributed by atoms with Crippen molar-refractivity contribution in [2.24, 2.45) is 0 Å². The molecule has 0 aliphatic rings. The van der Waals surface area contributed by atoms with E-state index in [-0.39, 0.29) is 21.7 Å². The normalized spacial score (nSPS) is 5.33. The topological polar surface area (TPSA) is 126 Å². The molecule has 0 aromatic rings. The number of hydrogen-bond acceptors (Lipinski definition) is 6. The second-order valence-corrected chi connectivity index (χ2v) is 0.500. The van der Waals surface area contributed by atoms with Gasteiger partial charge in [0.15, 0.2) is 0 Å². The molecule has 0 aromatic heterocycles. The van der Waals surface area contributed by atoms with Gasteiger partial charge in [0.05, 0.1) is 0 Å². The summed E-state index contributed by atoms with van der Waals surface area (Å²) in [5.74, 6) is 0. The second kappa shape index (κ2) is 10.3. The Bertz CT molecular complexity index is 69.1. The number of hydrogen-bond donors (Lipinski definition) is 0. The number of carbonyl (C=O) groups excluding carboxylic acids is 2. The van der Waals surface area contributed by atoms with Gasteiger partial charge in [0, 0.05) is 0 Å². The van der Waals surface area contributed by atoms with E-state index in [1.807, 2.05) is 0 Å². The Kier molecular flexibility index (Phi) is 18.0. The van der Waals surface area contributed by atoms with Crippen molar-refractivity contribution in [3.63, 3.8) is 0 Å². The maximum Gasteiger partial charge on any atom is 4.00 e. The maximum atomic E-state index is 8.33. The summed E-state index contributed by atoms with van der Waals surface area (Å²) in [6.07, 6.45) is -4.67. The molecule has 0 aliphatic heterocycles. The molecule has 0 spiro atoms. The molecule has 7 heteroatoms. The Hall–Kier alpha value is -0.746. The SMILES string of the molecule is O=C([O-])[O-].O=C([O-])[O-].[Ti+4]. The first-order valence-electron chi connectivity index (χ1n) is 1.22. The monoisotopic (exact) mass is 168 g/mol. The van der Waals surface area contributed by atoms with Gasteiger partial charge in [-0.2, -0.15) is 0 Å². The van der Waals surface area contributed by atoms with E-state index < -0.39 is 12.3 Å². The molecule has 0 aromatic carbocycles. The molecule has 0 radical (unpaired) electrons. The molecule has 6 nitrogen and oxygen atoms in total. The van der Waals surface area contributed by atoms with Crippen molar-refractivity contribution in [1.29, 1.82) is 0 Å². The van der Waals surface area contributed by atoms with E-state index in [4.69, 9.17) is 30.0 Å². The molecule has 0 saturated heterocycles. The summed E-state index contributed by atoms with van der Waals surface area (Å²) >= 11 is 0. The second-order valence-electron chi connectivity index (χ2n) is 0.500. The Balaban J connectivity index is -0.0000000720. The molecule has 9 heavy (non-hydrogen) atoms. The van der Waals surface area contributed by atoms with Crippen LogP contribution in [0, 0.1) is 0 Å². The summed E-state index contributed by atoms with van der Waals surface area (Å²) < 4.78 is 0. The predicted molar refractivity (Wildman–Crippen MR) is 10.8 cm³/mol. The van der Waals surface area contributed by atoms with Gasteiger partial charge in [-0.05, 0) is 12.3 Å². The van der Waals surface area contributed by atoms with Gasteiger partial charge in [-0.15, -0.1) is 0 Å². The van der Waals surface area contributed by atoms with Crippen molar-refractivity contribution in [1.82, 2.24) is 0 Å². The van der Waals surface area contributed by atoms with Crippen molar-refractivity contribution in [3.8, 4) is 0 Å². The van der Waals surface area contributed by atoms with Crippen LogP contribution in [0.3, 0.4) is 0 Å². The van der Waals surface area contributed by atoms with Gasteiger partial charge in [0.1, 0.15) is 0 Å². The van der Waals surface area contributed by atoms with Crippen molar-refractivity contribution in [2.75, 3.05) is 0 Å². The fourth-order valence-corrected chi connectivity index (χ4v) is 0. The van der Waals surface area contributed by atoms with Gasteiger partial charge >= 0.3 is 21.7 Å². The summed E-state index contributed by atoms with van der Waals surface area (Å²) in [4.78, 5) is 16.7. The third-order valence-electron chi connectivity index (χ3n) is 0. The largest absolute Gasteiger partial charge is 4.00 e. The summed E-state index contributed by atoms with van der Waals surface area (Å²) in [6, 6.07) is 0. The minimum Gasteiger partial charge on any atom is -0.652 e. The van der Waals surface area contributed by atoms with Crippen LogP contribution >= 0.6 is 0 Å². The van der Waals surface area contributed by atoms with E-state index in [0.29, 0.717) is 0 Å². The van der Waals surface area contributed by atoms with Crippen LogP contribution in [0.4, 0.5) is 9.59 Å². The van der Waals surface area contributed by atoms with E-state index in [1.54, 1.807) is 0 Å². The van der Waals surface area contributed by atoms with E-state index in [9.17, 15) is 0 Å². The third kappa shape index (κ3) is 360. The summed E-state index contributed by atoms with van der Waals surface area (Å²) in [5, 5.41) is 33.3. The Labute approximate surface area is 64.6 Å². The van der Waals surface area contributed by atoms with Crippen molar-refractivity contribution in [2.45, 2.75) is 0 Å². The maximum absolute atomic E-state index is 8.33. The molecule has 0 rings (SSSR count). The van der Waals surface area contributed by atoms with Crippen molar-refractivity contribution < 1.29 is 51.7 Å². The van der Waals surface area contributed by atoms with Gasteiger partial charge in [-0.3, -0.25) is 0 Å². The first kappa shape index (κ1) is 15.7. The molecule has 0 unspecified atom stereocenters. The molecule has 0 fully saturated rings. The Morgan fingerprint density at radius 2 is 0.778 bits per heavy atom. The first-order chi connectivity index (χ1) is 3.46. The van der Waals surface area contributed by atoms with Crippen LogP contribution in [0.25, 0.3) is 0 Å². The number of rotatable bonds is 0. The van der Waals surface area contributed by atoms with E-state index >= 15 is 0 Å². The van der Waals surface area contributed by atoms with Gasteiger partial charge in [0.2, 0.25) is 0 Å². The van der Waals surface area contributed by atoms with Crippen LogP contribution in [0.1, 0.15) is 0 Å². The number of carbonyl (C=O) groups is 2. The molecule has 0 atom stereocenters. The van der Waals surface area contributed by atoms with Gasteiger partial charge in [0.25, 0.3) is 0 Å². The smallest absolute Gasteiger partial charge is 0.652 e. The van der Waals surface area contributed by atoms with Crippen LogP contribution < -0.4 is 20.4 Å². The van der Waals surface area contributed by atoms with Crippen LogP contribution in [0.5, 0.6) is 0 Å². The van der Waals surface area contributed by atoms with Crippen LogP contribution in [0.2, 0.25) is 0 Å². The summed E-state index contributed by atoms with van der Waals surface area (Å²) in [6.45, 7) is 0. The van der Waals surface area contributed by atoms with Gasteiger partial charge in [-0.1, -0.05) is 0 Å². The molecule has 0 saturated carbocycles. The molecular formula is C2O6Ti. The van der Waals surface area contributed by atoms with Gasteiger partial charge in [-0.25, -0.2) is 0 Å². The standard InChI is InChI=1S/2CH2O3.Ti/c2*2-1(3)4;/h2*(H2,2,3,4);/q;;+4/p-4. The summed E-state index contributed by atoms with van der Waals surface area (Å²) in [7, 11) is 0. The average molecular weight is 168 g/mol. The fraction of sp³-hybridized carbons (Fsp3) is 0. The van der Waals surface area contributed by atoms with Gasteiger partial charge < -0.3 is 30.0 Å². The average Bonchev–Trinajstić information content (AvgIpc) is 1.25. The van der Waals surface area contributed by atoms with E-state index in [0.717, 1.165) is 0 Å². The summed E-state index contributed by atoms with van der Waals surface area (Å²) in [5.41, 5.74) is 0. The molecule has 48 valence electrons. The Morgan fingerprint density at radius 1 is 0.778 bits per heavy atom. The fourth-order valence-electron chi connectivity index (χ4n) is 0. The molecule has 0 amide bonds. The number of carboxylic acid groups (broad SMARTS) is 4. The van der Waals surface area contributed by atoms with Crippen molar-refractivity contribution >= 4 is 12.3 Å². The molecule has 0 heterocycles. The zero-order chi connectivity index (χ0) is 7.15. The van der Waals surface area contributed by atoms with Crippen LogP contribution in [-0.4, -0.2) is 12.3 Å². The van der Waals surface area contributed by atoms with E-state index in [2.05, 4.69) is 0 Å². The van der Waals surface area contributed by atoms with Crippen LogP contribution in [-0.2, 0) is 21.7 Å². The molecule has 0 N–H and O–H groups in total. The molecular weight excluding hydrogens is 168 g/mol. The zero-order valence-corrected chi connectivity index (χ0v) is 5.51. The Morgan fingerprint density at radius 3 is 0.778 bits per heavy atom. The van der Waals surface area contributed by atoms with Crippen molar-refractivity contribution in [3.05, 3.63) is 0 Å². The predicted octanol–water partition coefficient (Wildman–Crippen LogP) is -4.90. The molecule has 0 aliphatic carbocycles. The zero-order valence-electron chi connectivity index (χ0n) is 3.95. The van der Waals surface area contributed by atoms with E-state index in [1.165, 1.54) is 0 Å². The minimum absolute atomic E-state index is 0. The molecule has 0 bridgehead atoms. The third-order valence-corrected chi connectivity index (χ3v) is 0. The quantitative estimate of drug-likeness (QED) is 0.333. The van der Waals surface area contributed by atoms with Crippen LogP contribution in [0.15, 0.2) is 0 Å².